The molecule has 98 valence electrons. The van der Waals surface area contributed by atoms with E-state index in [0.29, 0.717) is 6.04 Å². The first-order chi connectivity index (χ1) is 7.70. The summed E-state index contributed by atoms with van der Waals surface area (Å²) in [5, 5.41) is 3.06. The summed E-state index contributed by atoms with van der Waals surface area (Å²) in [6.45, 7) is 14.3. The molecule has 1 rings (SSSR count). The zero-order valence-electron chi connectivity index (χ0n) is 12.1. The summed E-state index contributed by atoms with van der Waals surface area (Å²) in [4.78, 5) is 14.5. The molecule has 0 spiro atoms. The molecule has 1 amide bonds. The fraction of sp³-hybridized carbons (Fsp3) is 0.786. The lowest BCUT2D eigenvalue weighted by atomic mass is 9.98. The van der Waals surface area contributed by atoms with Crippen molar-refractivity contribution < 1.29 is 4.79 Å². The van der Waals surface area contributed by atoms with Gasteiger partial charge in [-0.05, 0) is 48.0 Å². The van der Waals surface area contributed by atoms with Crippen LogP contribution < -0.4 is 5.32 Å². The number of amides is 1. The number of carbonyl (C=O) groups excluding carboxylic acids is 1. The van der Waals surface area contributed by atoms with E-state index in [9.17, 15) is 4.79 Å². The molecule has 0 saturated heterocycles. The third-order valence-electron chi connectivity index (χ3n) is 3.14. The lowest BCUT2D eigenvalue weighted by Crippen LogP contribution is -2.46. The van der Waals surface area contributed by atoms with E-state index in [2.05, 4.69) is 31.0 Å². The van der Waals surface area contributed by atoms with Gasteiger partial charge in [0.25, 0.3) is 0 Å². The number of hydrogen-bond acceptors (Lipinski definition) is 2. The largest absolute Gasteiger partial charge is 0.348 e. The summed E-state index contributed by atoms with van der Waals surface area (Å²) < 4.78 is 0. The minimum absolute atomic E-state index is 0.0975. The van der Waals surface area contributed by atoms with Gasteiger partial charge in [0.15, 0.2) is 0 Å². The van der Waals surface area contributed by atoms with Crippen molar-refractivity contribution in [1.29, 1.82) is 0 Å². The van der Waals surface area contributed by atoms with Gasteiger partial charge in [-0.2, -0.15) is 0 Å². The predicted octanol–water partition coefficient (Wildman–Crippen LogP) is 2.33. The molecule has 0 radical (unpaired) electrons. The fourth-order valence-corrected chi connectivity index (χ4v) is 2.00. The first-order valence-corrected chi connectivity index (χ1v) is 6.46. The highest BCUT2D eigenvalue weighted by Crippen LogP contribution is 2.20. The Hall–Kier alpha value is -0.830. The lowest BCUT2D eigenvalue weighted by molar-refractivity contribution is -0.119. The average molecular weight is 238 g/mol. The minimum atomic E-state index is -0.162. The van der Waals surface area contributed by atoms with E-state index in [0.717, 1.165) is 25.1 Å². The highest BCUT2D eigenvalue weighted by Gasteiger charge is 2.25. The quantitative estimate of drug-likeness (QED) is 0.801. The monoisotopic (exact) mass is 238 g/mol. The van der Waals surface area contributed by atoms with Gasteiger partial charge in [-0.25, -0.2) is 0 Å². The standard InChI is InChI=1S/C14H26N2O/c1-10(2)16-8-7-11(3)12(9-16)13(17)15-14(4,5)6/h10H,7-9H2,1-6H3,(H,15,17). The molecule has 1 aliphatic rings. The molecule has 0 unspecified atom stereocenters. The molecule has 0 fully saturated rings. The van der Waals surface area contributed by atoms with Crippen LogP contribution in [0.4, 0.5) is 0 Å². The molecule has 1 N–H and O–H groups in total. The van der Waals surface area contributed by atoms with Crippen LogP contribution in [0.3, 0.4) is 0 Å². The van der Waals surface area contributed by atoms with Gasteiger partial charge in [-0.3, -0.25) is 9.69 Å². The van der Waals surface area contributed by atoms with Gasteiger partial charge >= 0.3 is 0 Å². The Labute approximate surface area is 105 Å². The molecule has 1 heterocycles. The van der Waals surface area contributed by atoms with Crippen molar-refractivity contribution in [2.24, 2.45) is 0 Å². The smallest absolute Gasteiger partial charge is 0.248 e. The maximum atomic E-state index is 12.2. The topological polar surface area (TPSA) is 32.3 Å². The molecule has 0 saturated carbocycles. The molecule has 0 aromatic rings. The first-order valence-electron chi connectivity index (χ1n) is 6.46. The van der Waals surface area contributed by atoms with Crippen molar-refractivity contribution >= 4 is 5.91 Å². The highest BCUT2D eigenvalue weighted by atomic mass is 16.1. The van der Waals surface area contributed by atoms with Crippen molar-refractivity contribution in [1.82, 2.24) is 10.2 Å². The summed E-state index contributed by atoms with van der Waals surface area (Å²) in [5.74, 6) is 0.0975. The molecule has 0 aliphatic carbocycles. The van der Waals surface area contributed by atoms with Crippen molar-refractivity contribution in [2.75, 3.05) is 13.1 Å². The van der Waals surface area contributed by atoms with E-state index >= 15 is 0 Å². The van der Waals surface area contributed by atoms with Crippen LogP contribution in [0.1, 0.15) is 48.0 Å². The van der Waals surface area contributed by atoms with E-state index in [1.807, 2.05) is 20.8 Å². The molecule has 17 heavy (non-hydrogen) atoms. The van der Waals surface area contributed by atoms with Gasteiger partial charge in [-0.15, -0.1) is 0 Å². The Kier molecular flexibility index (Phi) is 4.36. The number of hydrogen-bond donors (Lipinski definition) is 1. The number of nitrogens with zero attached hydrogens (tertiary/aromatic N) is 1. The summed E-state index contributed by atoms with van der Waals surface area (Å²) in [7, 11) is 0. The molecule has 0 bridgehead atoms. The molecular weight excluding hydrogens is 212 g/mol. The second kappa shape index (κ2) is 5.21. The van der Waals surface area contributed by atoms with Crippen molar-refractivity contribution in [2.45, 2.75) is 59.5 Å². The average Bonchev–Trinajstić information content (AvgIpc) is 2.14. The van der Waals surface area contributed by atoms with E-state index in [-0.39, 0.29) is 11.4 Å². The third-order valence-corrected chi connectivity index (χ3v) is 3.14. The Bertz CT molecular complexity index is 324. The number of rotatable bonds is 2. The van der Waals surface area contributed by atoms with E-state index in [1.54, 1.807) is 0 Å². The van der Waals surface area contributed by atoms with Gasteiger partial charge < -0.3 is 5.32 Å². The van der Waals surface area contributed by atoms with Gasteiger partial charge in [0, 0.05) is 30.2 Å². The fourth-order valence-electron chi connectivity index (χ4n) is 2.00. The van der Waals surface area contributed by atoms with E-state index in [1.165, 1.54) is 5.57 Å². The van der Waals surface area contributed by atoms with Crippen LogP contribution in [0.15, 0.2) is 11.1 Å². The molecule has 0 aromatic heterocycles. The van der Waals surface area contributed by atoms with Gasteiger partial charge in [0.1, 0.15) is 0 Å². The molecule has 0 aromatic carbocycles. The second-order valence-corrected chi connectivity index (χ2v) is 6.28. The van der Waals surface area contributed by atoms with E-state index in [4.69, 9.17) is 0 Å². The zero-order chi connectivity index (χ0) is 13.2. The second-order valence-electron chi connectivity index (χ2n) is 6.28. The Morgan fingerprint density at radius 2 is 1.94 bits per heavy atom. The van der Waals surface area contributed by atoms with Gasteiger partial charge in [-0.1, -0.05) is 5.57 Å². The van der Waals surface area contributed by atoms with Crippen LogP contribution >= 0.6 is 0 Å². The summed E-state index contributed by atoms with van der Waals surface area (Å²) in [6.07, 6.45) is 1.01. The van der Waals surface area contributed by atoms with Crippen molar-refractivity contribution in [3.8, 4) is 0 Å². The zero-order valence-corrected chi connectivity index (χ0v) is 12.1. The molecular formula is C14H26N2O. The van der Waals surface area contributed by atoms with Gasteiger partial charge in [0.2, 0.25) is 5.91 Å². The SMILES string of the molecule is CC1=C(C(=O)NC(C)(C)C)CN(C(C)C)CC1. The van der Waals surface area contributed by atoms with Gasteiger partial charge in [0.05, 0.1) is 0 Å². The minimum Gasteiger partial charge on any atom is -0.348 e. The third kappa shape index (κ3) is 4.15. The van der Waals surface area contributed by atoms with Crippen LogP contribution in [-0.2, 0) is 4.79 Å². The van der Waals surface area contributed by atoms with Crippen LogP contribution in [0.25, 0.3) is 0 Å². The van der Waals surface area contributed by atoms with Crippen molar-refractivity contribution in [3.63, 3.8) is 0 Å². The van der Waals surface area contributed by atoms with Crippen molar-refractivity contribution in [3.05, 3.63) is 11.1 Å². The van der Waals surface area contributed by atoms with Crippen LogP contribution in [0.5, 0.6) is 0 Å². The van der Waals surface area contributed by atoms with Crippen LogP contribution in [0.2, 0.25) is 0 Å². The summed E-state index contributed by atoms with van der Waals surface area (Å²) in [5.41, 5.74) is 2.04. The maximum absolute atomic E-state index is 12.2. The Morgan fingerprint density at radius 1 is 1.35 bits per heavy atom. The molecule has 0 atom stereocenters. The predicted molar refractivity (Wildman–Crippen MR) is 71.9 cm³/mol. The first kappa shape index (κ1) is 14.2. The highest BCUT2D eigenvalue weighted by molar-refractivity contribution is 5.95. The van der Waals surface area contributed by atoms with Crippen LogP contribution in [0, 0.1) is 0 Å². The molecule has 3 nitrogen and oxygen atoms in total. The Balaban J connectivity index is 2.77. The van der Waals surface area contributed by atoms with E-state index < -0.39 is 0 Å². The molecule has 1 aliphatic heterocycles. The number of nitrogens with one attached hydrogen (secondary N) is 1. The summed E-state index contributed by atoms with van der Waals surface area (Å²) >= 11 is 0. The van der Waals surface area contributed by atoms with Crippen LogP contribution in [-0.4, -0.2) is 35.5 Å². The summed E-state index contributed by atoms with van der Waals surface area (Å²) in [6, 6.07) is 0.500. The lowest BCUT2D eigenvalue weighted by Gasteiger charge is -2.33. The Morgan fingerprint density at radius 3 is 2.41 bits per heavy atom. The normalized spacial score (nSPS) is 18.8. The number of carbonyl (C=O) groups is 1. The molecule has 3 heteroatoms. The maximum Gasteiger partial charge on any atom is 0.248 e.